The molecule has 0 unspecified atom stereocenters. The molecule has 0 saturated carbocycles. The number of anilines is 1. The van der Waals surface area contributed by atoms with Crippen molar-refractivity contribution in [3.8, 4) is 5.75 Å². The van der Waals surface area contributed by atoms with E-state index in [0.29, 0.717) is 33.8 Å². The number of hydrogen-bond donors (Lipinski definition) is 0. The van der Waals surface area contributed by atoms with E-state index in [0.717, 1.165) is 4.90 Å². The smallest absolute Gasteiger partial charge is 0.266 e. The first-order valence-electron chi connectivity index (χ1n) is 7.32. The Labute approximate surface area is 139 Å². The molecular weight excluding hydrogens is 308 g/mol. The summed E-state index contributed by atoms with van der Waals surface area (Å²) in [6.07, 6.45) is 0. The Balaban J connectivity index is 2.17. The van der Waals surface area contributed by atoms with E-state index >= 15 is 0 Å². The summed E-state index contributed by atoms with van der Waals surface area (Å²) in [6, 6.07) is 11.9. The lowest BCUT2D eigenvalue weighted by Crippen LogP contribution is -2.30. The maximum absolute atomic E-state index is 12.7. The van der Waals surface area contributed by atoms with Crippen molar-refractivity contribution in [2.45, 2.75) is 6.92 Å². The Morgan fingerprint density at radius 3 is 2.17 bits per heavy atom. The number of fused-ring (bicyclic) bond motifs is 1. The minimum atomic E-state index is -0.365. The highest BCUT2D eigenvalue weighted by Gasteiger charge is 2.37. The Morgan fingerprint density at radius 1 is 1.00 bits per heavy atom. The van der Waals surface area contributed by atoms with Gasteiger partial charge in [0, 0.05) is 11.6 Å². The molecule has 0 radical (unpaired) electrons. The Hall–Kier alpha value is -3.15. The van der Waals surface area contributed by atoms with Crippen LogP contribution in [-0.4, -0.2) is 31.7 Å². The van der Waals surface area contributed by atoms with E-state index < -0.39 is 0 Å². The summed E-state index contributed by atoms with van der Waals surface area (Å²) in [5.41, 5.74) is 2.35. The SMILES string of the molecule is CO/N=C(\C)c1ccc(OC)cc1N1C(=O)c2ccccc2C1=O. The van der Waals surface area contributed by atoms with E-state index in [4.69, 9.17) is 9.57 Å². The molecule has 2 amide bonds. The fraction of sp³-hybridized carbons (Fsp3) is 0.167. The van der Waals surface area contributed by atoms with Crippen LogP contribution in [0, 0.1) is 0 Å². The highest BCUT2D eigenvalue weighted by molar-refractivity contribution is 6.35. The van der Waals surface area contributed by atoms with Gasteiger partial charge in [0.15, 0.2) is 0 Å². The highest BCUT2D eigenvalue weighted by Crippen LogP contribution is 2.33. The van der Waals surface area contributed by atoms with Gasteiger partial charge >= 0.3 is 0 Å². The van der Waals surface area contributed by atoms with Crippen molar-refractivity contribution in [2.24, 2.45) is 5.16 Å². The van der Waals surface area contributed by atoms with Crippen LogP contribution in [0.5, 0.6) is 5.75 Å². The van der Waals surface area contributed by atoms with Gasteiger partial charge in [0.2, 0.25) is 0 Å². The molecule has 6 nitrogen and oxygen atoms in total. The second-order valence-electron chi connectivity index (χ2n) is 5.23. The van der Waals surface area contributed by atoms with Crippen LogP contribution in [0.4, 0.5) is 5.69 Å². The van der Waals surface area contributed by atoms with Crippen LogP contribution in [0.2, 0.25) is 0 Å². The number of ether oxygens (including phenoxy) is 1. The van der Waals surface area contributed by atoms with Gasteiger partial charge in [-0.15, -0.1) is 0 Å². The molecule has 0 aromatic heterocycles. The van der Waals surface area contributed by atoms with Crippen molar-refractivity contribution in [3.63, 3.8) is 0 Å². The van der Waals surface area contributed by atoms with Gasteiger partial charge in [0.05, 0.1) is 29.6 Å². The molecule has 0 saturated heterocycles. The number of benzene rings is 2. The van der Waals surface area contributed by atoms with Crippen LogP contribution in [0.1, 0.15) is 33.2 Å². The summed E-state index contributed by atoms with van der Waals surface area (Å²) < 4.78 is 5.24. The third-order valence-corrected chi connectivity index (χ3v) is 3.86. The number of rotatable bonds is 4. The van der Waals surface area contributed by atoms with Crippen molar-refractivity contribution in [1.29, 1.82) is 0 Å². The second kappa shape index (κ2) is 6.16. The summed E-state index contributed by atoms with van der Waals surface area (Å²) in [7, 11) is 2.96. The predicted octanol–water partition coefficient (Wildman–Crippen LogP) is 2.87. The standard InChI is InChI=1S/C18H16N2O4/c1-11(19-24-3)13-9-8-12(23-2)10-16(13)20-17(21)14-6-4-5-7-15(14)18(20)22/h4-10H,1-3H3/b19-11+. The molecule has 0 spiro atoms. The van der Waals surface area contributed by atoms with Crippen LogP contribution < -0.4 is 9.64 Å². The molecule has 0 bridgehead atoms. The largest absolute Gasteiger partial charge is 0.497 e. The van der Waals surface area contributed by atoms with Crippen molar-refractivity contribution in [1.82, 2.24) is 0 Å². The van der Waals surface area contributed by atoms with E-state index in [2.05, 4.69) is 5.16 Å². The van der Waals surface area contributed by atoms with Crippen LogP contribution in [-0.2, 0) is 4.84 Å². The van der Waals surface area contributed by atoms with Crippen molar-refractivity contribution < 1.29 is 19.2 Å². The van der Waals surface area contributed by atoms with E-state index in [1.54, 1.807) is 49.4 Å². The van der Waals surface area contributed by atoms with E-state index in [9.17, 15) is 9.59 Å². The summed E-state index contributed by atoms with van der Waals surface area (Å²) in [5.74, 6) is -0.193. The quantitative estimate of drug-likeness (QED) is 0.493. The molecule has 122 valence electrons. The maximum Gasteiger partial charge on any atom is 0.266 e. The van der Waals surface area contributed by atoms with Crippen LogP contribution in [0.15, 0.2) is 47.6 Å². The predicted molar refractivity (Wildman–Crippen MR) is 89.8 cm³/mol. The van der Waals surface area contributed by atoms with Crippen molar-refractivity contribution >= 4 is 23.2 Å². The Kier molecular flexibility index (Phi) is 4.04. The van der Waals surface area contributed by atoms with Gasteiger partial charge in [-0.3, -0.25) is 9.59 Å². The number of imide groups is 1. The average molecular weight is 324 g/mol. The van der Waals surface area contributed by atoms with Crippen molar-refractivity contribution in [3.05, 3.63) is 59.2 Å². The van der Waals surface area contributed by atoms with Gasteiger partial charge in [0.25, 0.3) is 11.8 Å². The first-order chi connectivity index (χ1) is 11.6. The van der Waals surface area contributed by atoms with E-state index in [-0.39, 0.29) is 11.8 Å². The topological polar surface area (TPSA) is 68.2 Å². The van der Waals surface area contributed by atoms with Gasteiger partial charge in [0.1, 0.15) is 12.9 Å². The van der Waals surface area contributed by atoms with Gasteiger partial charge in [-0.1, -0.05) is 17.3 Å². The number of oxime groups is 1. The molecule has 2 aromatic rings. The molecule has 0 aliphatic carbocycles. The van der Waals surface area contributed by atoms with Gasteiger partial charge in [-0.25, -0.2) is 4.90 Å². The van der Waals surface area contributed by atoms with Gasteiger partial charge in [-0.2, -0.15) is 0 Å². The zero-order valence-electron chi connectivity index (χ0n) is 13.6. The zero-order valence-corrected chi connectivity index (χ0v) is 13.6. The third kappa shape index (κ3) is 2.42. The number of nitrogens with zero attached hydrogens (tertiary/aromatic N) is 2. The number of carbonyl (C=O) groups is 2. The summed E-state index contributed by atoms with van der Waals surface area (Å²) in [4.78, 5) is 31.4. The molecule has 1 aliphatic rings. The Bertz CT molecular complexity index is 823. The van der Waals surface area contributed by atoms with Crippen LogP contribution >= 0.6 is 0 Å². The normalized spacial score (nSPS) is 14.0. The molecular formula is C18H16N2O4. The molecule has 0 atom stereocenters. The number of methoxy groups -OCH3 is 1. The van der Waals surface area contributed by atoms with Crippen LogP contribution in [0.25, 0.3) is 0 Å². The lowest BCUT2D eigenvalue weighted by molar-refractivity contribution is 0.0926. The van der Waals surface area contributed by atoms with Gasteiger partial charge < -0.3 is 9.57 Å². The van der Waals surface area contributed by atoms with Crippen molar-refractivity contribution in [2.75, 3.05) is 19.1 Å². The fourth-order valence-electron chi connectivity index (χ4n) is 2.72. The fourth-order valence-corrected chi connectivity index (χ4v) is 2.72. The molecule has 2 aromatic carbocycles. The molecule has 0 N–H and O–H groups in total. The first-order valence-corrected chi connectivity index (χ1v) is 7.32. The highest BCUT2D eigenvalue weighted by atomic mass is 16.6. The molecule has 3 rings (SSSR count). The monoisotopic (exact) mass is 324 g/mol. The molecule has 0 fully saturated rings. The lowest BCUT2D eigenvalue weighted by atomic mass is 10.1. The molecule has 1 aliphatic heterocycles. The average Bonchev–Trinajstić information content (AvgIpc) is 2.86. The molecule has 24 heavy (non-hydrogen) atoms. The van der Waals surface area contributed by atoms with E-state index in [1.165, 1.54) is 14.2 Å². The number of amides is 2. The number of hydrogen-bond acceptors (Lipinski definition) is 5. The molecule has 6 heteroatoms. The molecule has 1 heterocycles. The minimum Gasteiger partial charge on any atom is -0.497 e. The van der Waals surface area contributed by atoms with E-state index in [1.807, 2.05) is 0 Å². The summed E-state index contributed by atoms with van der Waals surface area (Å²) in [6.45, 7) is 1.74. The maximum atomic E-state index is 12.7. The van der Waals surface area contributed by atoms with Crippen LogP contribution in [0.3, 0.4) is 0 Å². The third-order valence-electron chi connectivity index (χ3n) is 3.86. The number of carbonyl (C=O) groups excluding carboxylic acids is 2. The first kappa shape index (κ1) is 15.7. The minimum absolute atomic E-state index is 0.365. The second-order valence-corrected chi connectivity index (χ2v) is 5.23. The van der Waals surface area contributed by atoms with Gasteiger partial charge in [-0.05, 0) is 31.2 Å². The lowest BCUT2D eigenvalue weighted by Gasteiger charge is -2.19. The Morgan fingerprint density at radius 2 is 1.62 bits per heavy atom. The zero-order chi connectivity index (χ0) is 17.3. The summed E-state index contributed by atoms with van der Waals surface area (Å²) >= 11 is 0. The summed E-state index contributed by atoms with van der Waals surface area (Å²) in [5, 5.41) is 3.91.